The summed E-state index contributed by atoms with van der Waals surface area (Å²) in [7, 11) is 0. The number of nitrogens with two attached hydrogens (primary N) is 1. The number of fused-ring (bicyclic) bond motifs is 1. The Kier molecular flexibility index (Phi) is 4.15. The van der Waals surface area contributed by atoms with E-state index in [1.807, 2.05) is 12.3 Å². The second-order valence-corrected chi connectivity index (χ2v) is 6.83. The lowest BCUT2D eigenvalue weighted by molar-refractivity contribution is 0.0999. The van der Waals surface area contributed by atoms with Crippen molar-refractivity contribution in [1.29, 1.82) is 0 Å². The first kappa shape index (κ1) is 17.2. The number of aromatic nitrogens is 5. The van der Waals surface area contributed by atoms with Crippen LogP contribution in [0.2, 0.25) is 0 Å². The van der Waals surface area contributed by atoms with E-state index in [4.69, 9.17) is 5.73 Å². The van der Waals surface area contributed by atoms with Gasteiger partial charge in [0.25, 0.3) is 5.91 Å². The molecule has 0 radical (unpaired) electrons. The number of thiazole rings is 1. The molecule has 4 rings (SSSR count). The normalized spacial score (nSPS) is 11.2. The van der Waals surface area contributed by atoms with Gasteiger partial charge in [-0.05, 0) is 25.0 Å². The molecule has 0 unspecified atom stereocenters. The molecule has 0 aromatic carbocycles. The van der Waals surface area contributed by atoms with Crippen LogP contribution in [0.3, 0.4) is 0 Å². The minimum Gasteiger partial charge on any atom is -0.365 e. The molecule has 0 aliphatic rings. The van der Waals surface area contributed by atoms with Crippen molar-refractivity contribution in [3.63, 3.8) is 0 Å². The minimum atomic E-state index is -0.643. The van der Waals surface area contributed by atoms with Crippen LogP contribution in [0.4, 0.5) is 4.39 Å². The van der Waals surface area contributed by atoms with Gasteiger partial charge in [0.1, 0.15) is 17.0 Å². The summed E-state index contributed by atoms with van der Waals surface area (Å²) in [5, 5.41) is 3.11. The molecule has 0 atom stereocenters. The molecular weight excluding hydrogens is 367 g/mol. The summed E-state index contributed by atoms with van der Waals surface area (Å²) in [6.07, 6.45) is 5.27. The fourth-order valence-corrected chi connectivity index (χ4v) is 3.61. The van der Waals surface area contributed by atoms with Crippen LogP contribution in [0.1, 0.15) is 28.5 Å². The van der Waals surface area contributed by atoms with Gasteiger partial charge in [0.05, 0.1) is 11.9 Å². The van der Waals surface area contributed by atoms with Gasteiger partial charge in [-0.3, -0.25) is 9.36 Å². The first-order valence-corrected chi connectivity index (χ1v) is 9.11. The van der Waals surface area contributed by atoms with E-state index in [1.54, 1.807) is 23.9 Å². The molecule has 0 saturated carbocycles. The lowest BCUT2D eigenvalue weighted by Crippen LogP contribution is -2.19. The molecule has 136 valence electrons. The zero-order chi connectivity index (χ0) is 19.1. The Morgan fingerprint density at radius 3 is 2.81 bits per heavy atom. The standard InChI is InChI=1S/C18H15FN6OS/c1-3-10-8-25(16-12(10)6-11(19)7-22-16)17-13(14(20)26)9(2)23-15(24-17)18-21-4-5-27-18/h4-8H,3H2,1-2H3,(H2,20,26). The summed E-state index contributed by atoms with van der Waals surface area (Å²) in [6, 6.07) is 1.43. The van der Waals surface area contributed by atoms with E-state index < -0.39 is 11.7 Å². The molecule has 9 heteroatoms. The van der Waals surface area contributed by atoms with Crippen LogP contribution in [0.15, 0.2) is 30.0 Å². The van der Waals surface area contributed by atoms with Gasteiger partial charge in [0.15, 0.2) is 16.6 Å². The summed E-state index contributed by atoms with van der Waals surface area (Å²) in [6.45, 7) is 3.66. The molecular formula is C18H15FN6OS. The number of hydrogen-bond acceptors (Lipinski definition) is 6. The van der Waals surface area contributed by atoms with Gasteiger partial charge in [-0.15, -0.1) is 11.3 Å². The molecule has 0 aliphatic heterocycles. The average molecular weight is 382 g/mol. The van der Waals surface area contributed by atoms with Gasteiger partial charge in [-0.25, -0.2) is 24.3 Å². The second kappa shape index (κ2) is 6.51. The number of carbonyl (C=O) groups is 1. The predicted octanol–water partition coefficient (Wildman–Crippen LogP) is 3.05. The molecule has 27 heavy (non-hydrogen) atoms. The Bertz CT molecular complexity index is 1170. The highest BCUT2D eigenvalue weighted by Gasteiger charge is 2.22. The molecule has 4 heterocycles. The van der Waals surface area contributed by atoms with Crippen molar-refractivity contribution < 1.29 is 9.18 Å². The molecule has 4 aromatic rings. The number of aryl methyl sites for hydroxylation is 2. The van der Waals surface area contributed by atoms with E-state index in [9.17, 15) is 9.18 Å². The molecule has 7 nitrogen and oxygen atoms in total. The number of nitrogens with zero attached hydrogens (tertiary/aromatic N) is 5. The lowest BCUT2D eigenvalue weighted by atomic mass is 10.2. The molecule has 2 N–H and O–H groups in total. The van der Waals surface area contributed by atoms with E-state index in [0.717, 1.165) is 11.8 Å². The Labute approximate surface area is 157 Å². The van der Waals surface area contributed by atoms with Crippen molar-refractivity contribution >= 4 is 28.3 Å². The van der Waals surface area contributed by atoms with Gasteiger partial charge in [-0.1, -0.05) is 6.92 Å². The molecule has 1 amide bonds. The van der Waals surface area contributed by atoms with Gasteiger partial charge >= 0.3 is 0 Å². The van der Waals surface area contributed by atoms with Crippen molar-refractivity contribution in [1.82, 2.24) is 24.5 Å². The van der Waals surface area contributed by atoms with Gasteiger partial charge in [0.2, 0.25) is 0 Å². The molecule has 0 aliphatic carbocycles. The van der Waals surface area contributed by atoms with E-state index in [0.29, 0.717) is 39.8 Å². The summed E-state index contributed by atoms with van der Waals surface area (Å²) < 4.78 is 15.4. The van der Waals surface area contributed by atoms with Gasteiger partial charge in [0, 0.05) is 23.2 Å². The second-order valence-electron chi connectivity index (χ2n) is 5.94. The maximum absolute atomic E-state index is 13.7. The summed E-state index contributed by atoms with van der Waals surface area (Å²) >= 11 is 1.39. The van der Waals surface area contributed by atoms with Crippen molar-refractivity contribution in [2.45, 2.75) is 20.3 Å². The van der Waals surface area contributed by atoms with Crippen LogP contribution >= 0.6 is 11.3 Å². The average Bonchev–Trinajstić information content (AvgIpc) is 3.28. The quantitative estimate of drug-likeness (QED) is 0.585. The zero-order valence-corrected chi connectivity index (χ0v) is 15.4. The largest absolute Gasteiger partial charge is 0.365 e. The third kappa shape index (κ3) is 2.85. The van der Waals surface area contributed by atoms with Crippen LogP contribution in [-0.2, 0) is 6.42 Å². The lowest BCUT2D eigenvalue weighted by Gasteiger charge is -2.12. The number of amides is 1. The van der Waals surface area contributed by atoms with Crippen molar-refractivity contribution in [3.8, 4) is 16.6 Å². The van der Waals surface area contributed by atoms with E-state index in [-0.39, 0.29) is 5.56 Å². The first-order valence-electron chi connectivity index (χ1n) is 8.23. The van der Waals surface area contributed by atoms with Crippen molar-refractivity contribution in [2.75, 3.05) is 0 Å². The zero-order valence-electron chi connectivity index (χ0n) is 14.6. The van der Waals surface area contributed by atoms with Crippen LogP contribution in [0.5, 0.6) is 0 Å². The number of primary amides is 1. The number of halogens is 1. The number of rotatable bonds is 4. The Balaban J connectivity index is 2.06. The third-order valence-electron chi connectivity index (χ3n) is 4.24. The topological polar surface area (TPSA) is 99.6 Å². The highest BCUT2D eigenvalue weighted by molar-refractivity contribution is 7.13. The third-order valence-corrected chi connectivity index (χ3v) is 5.01. The fourth-order valence-electron chi connectivity index (χ4n) is 3.04. The van der Waals surface area contributed by atoms with Gasteiger partial charge < -0.3 is 5.73 Å². The monoisotopic (exact) mass is 382 g/mol. The Morgan fingerprint density at radius 1 is 1.33 bits per heavy atom. The molecule has 0 fully saturated rings. The molecule has 0 spiro atoms. The number of hydrogen-bond donors (Lipinski definition) is 1. The van der Waals surface area contributed by atoms with Crippen molar-refractivity contribution in [3.05, 3.63) is 52.7 Å². The molecule has 0 saturated heterocycles. The van der Waals surface area contributed by atoms with Crippen LogP contribution in [-0.4, -0.2) is 30.4 Å². The first-order chi connectivity index (χ1) is 13.0. The number of pyridine rings is 1. The van der Waals surface area contributed by atoms with E-state index >= 15 is 0 Å². The fraction of sp³-hybridized carbons (Fsp3) is 0.167. The van der Waals surface area contributed by atoms with E-state index in [1.165, 1.54) is 17.4 Å². The highest BCUT2D eigenvalue weighted by Crippen LogP contribution is 2.28. The van der Waals surface area contributed by atoms with Gasteiger partial charge in [-0.2, -0.15) is 0 Å². The summed E-state index contributed by atoms with van der Waals surface area (Å²) in [5.74, 6) is -0.365. The summed E-state index contributed by atoms with van der Waals surface area (Å²) in [4.78, 5) is 29.5. The number of carbonyl (C=O) groups excluding carboxylic acids is 1. The maximum Gasteiger partial charge on any atom is 0.254 e. The van der Waals surface area contributed by atoms with Crippen LogP contribution in [0.25, 0.3) is 27.7 Å². The molecule has 4 aromatic heterocycles. The SMILES string of the molecule is CCc1cn(-c2nc(-c3nccs3)nc(C)c2C(N)=O)c2ncc(F)cc12. The van der Waals surface area contributed by atoms with Crippen LogP contribution < -0.4 is 5.73 Å². The Morgan fingerprint density at radius 2 is 2.15 bits per heavy atom. The minimum absolute atomic E-state index is 0.195. The maximum atomic E-state index is 13.7. The van der Waals surface area contributed by atoms with Crippen molar-refractivity contribution in [2.24, 2.45) is 5.73 Å². The van der Waals surface area contributed by atoms with Crippen LogP contribution in [0, 0.1) is 12.7 Å². The van der Waals surface area contributed by atoms with E-state index in [2.05, 4.69) is 19.9 Å². The Hall–Kier alpha value is -3.20. The smallest absolute Gasteiger partial charge is 0.254 e. The predicted molar refractivity (Wildman–Crippen MR) is 100 cm³/mol. The highest BCUT2D eigenvalue weighted by atomic mass is 32.1. The summed E-state index contributed by atoms with van der Waals surface area (Å²) in [5.41, 5.74) is 7.63. The molecule has 0 bridgehead atoms.